The minimum absolute atomic E-state index is 0.165. The van der Waals surface area contributed by atoms with Gasteiger partial charge in [0.25, 0.3) is 0 Å². The van der Waals surface area contributed by atoms with Crippen molar-refractivity contribution in [3.63, 3.8) is 0 Å². The first-order valence-electron chi connectivity index (χ1n) is 4.93. The number of nitrogens with two attached hydrogens (primary N) is 1. The van der Waals surface area contributed by atoms with Gasteiger partial charge in [-0.25, -0.2) is 19.0 Å². The predicted octanol–water partition coefficient (Wildman–Crippen LogP) is 0.868. The summed E-state index contributed by atoms with van der Waals surface area (Å²) in [5.74, 6) is 4.93. The van der Waals surface area contributed by atoms with E-state index in [1.54, 1.807) is 13.0 Å². The second-order valence-corrected chi connectivity index (χ2v) is 6.54. The molecule has 0 amide bonds. The molecule has 1 unspecified atom stereocenters. The zero-order valence-corrected chi connectivity index (χ0v) is 10.9. The van der Waals surface area contributed by atoms with Crippen molar-refractivity contribution in [2.45, 2.75) is 30.6 Å². The SMILES string of the molecule is CCc1ccc(S(=O)(=O)NCC(C)ON)s1. The zero-order chi connectivity index (χ0) is 12.2. The maximum atomic E-state index is 11.8. The van der Waals surface area contributed by atoms with Crippen LogP contribution in [0.25, 0.3) is 0 Å². The van der Waals surface area contributed by atoms with Gasteiger partial charge in [0.2, 0.25) is 10.0 Å². The third-order valence-electron chi connectivity index (χ3n) is 2.04. The molecule has 0 saturated carbocycles. The van der Waals surface area contributed by atoms with Crippen LogP contribution in [0.15, 0.2) is 16.3 Å². The highest BCUT2D eigenvalue weighted by molar-refractivity contribution is 7.91. The van der Waals surface area contributed by atoms with Crippen molar-refractivity contribution < 1.29 is 13.3 Å². The monoisotopic (exact) mass is 264 g/mol. The fraction of sp³-hybridized carbons (Fsp3) is 0.556. The number of hydrogen-bond acceptors (Lipinski definition) is 5. The molecule has 1 heterocycles. The van der Waals surface area contributed by atoms with Gasteiger partial charge in [0.15, 0.2) is 0 Å². The lowest BCUT2D eigenvalue weighted by atomic mass is 10.4. The molecule has 0 saturated heterocycles. The third kappa shape index (κ3) is 3.53. The molecule has 1 atom stereocenters. The van der Waals surface area contributed by atoms with Crippen molar-refractivity contribution in [2.24, 2.45) is 5.90 Å². The van der Waals surface area contributed by atoms with Crippen LogP contribution in [-0.4, -0.2) is 21.1 Å². The van der Waals surface area contributed by atoms with Gasteiger partial charge in [0.05, 0.1) is 6.10 Å². The Kier molecular flexibility index (Phi) is 4.88. The van der Waals surface area contributed by atoms with E-state index in [4.69, 9.17) is 5.90 Å². The van der Waals surface area contributed by atoms with Crippen molar-refractivity contribution in [1.29, 1.82) is 0 Å². The van der Waals surface area contributed by atoms with Crippen LogP contribution in [0, 0.1) is 0 Å². The van der Waals surface area contributed by atoms with Crippen LogP contribution in [-0.2, 0) is 21.3 Å². The van der Waals surface area contributed by atoms with E-state index < -0.39 is 10.0 Å². The van der Waals surface area contributed by atoms with Crippen molar-refractivity contribution in [2.75, 3.05) is 6.54 Å². The van der Waals surface area contributed by atoms with Crippen LogP contribution in [0.5, 0.6) is 0 Å². The lowest BCUT2D eigenvalue weighted by molar-refractivity contribution is 0.0703. The fourth-order valence-corrected chi connectivity index (χ4v) is 3.49. The molecule has 0 aliphatic carbocycles. The molecule has 1 aromatic heterocycles. The van der Waals surface area contributed by atoms with E-state index in [2.05, 4.69) is 9.56 Å². The molecular weight excluding hydrogens is 248 g/mol. The second kappa shape index (κ2) is 5.74. The summed E-state index contributed by atoms with van der Waals surface area (Å²) in [5.41, 5.74) is 0. The number of nitrogens with one attached hydrogen (secondary N) is 1. The molecule has 3 N–H and O–H groups in total. The van der Waals surface area contributed by atoms with Crippen LogP contribution in [0.2, 0.25) is 0 Å². The van der Waals surface area contributed by atoms with E-state index in [1.165, 1.54) is 11.3 Å². The lowest BCUT2D eigenvalue weighted by Gasteiger charge is -2.09. The van der Waals surface area contributed by atoms with Crippen LogP contribution in [0.1, 0.15) is 18.7 Å². The van der Waals surface area contributed by atoms with Crippen LogP contribution in [0.3, 0.4) is 0 Å². The lowest BCUT2D eigenvalue weighted by Crippen LogP contribution is -2.33. The van der Waals surface area contributed by atoms with Crippen LogP contribution >= 0.6 is 11.3 Å². The Morgan fingerprint density at radius 2 is 2.25 bits per heavy atom. The molecule has 92 valence electrons. The molecule has 0 aliphatic rings. The normalized spacial score (nSPS) is 13.9. The molecule has 16 heavy (non-hydrogen) atoms. The molecule has 1 aromatic rings. The van der Waals surface area contributed by atoms with Gasteiger partial charge in [-0.1, -0.05) is 6.92 Å². The van der Waals surface area contributed by atoms with Crippen molar-refractivity contribution >= 4 is 21.4 Å². The molecule has 0 aliphatic heterocycles. The molecule has 1 rings (SSSR count). The van der Waals surface area contributed by atoms with Gasteiger partial charge in [0, 0.05) is 11.4 Å². The summed E-state index contributed by atoms with van der Waals surface area (Å²) in [7, 11) is -3.42. The molecular formula is C9H16N2O3S2. The minimum atomic E-state index is -3.42. The predicted molar refractivity (Wildman–Crippen MR) is 63.6 cm³/mol. The Labute approximate surface area is 99.6 Å². The second-order valence-electron chi connectivity index (χ2n) is 3.37. The molecule has 0 aromatic carbocycles. The number of hydrogen-bond donors (Lipinski definition) is 2. The van der Waals surface area contributed by atoms with E-state index in [0.717, 1.165) is 11.3 Å². The molecule has 5 nitrogen and oxygen atoms in total. The highest BCUT2D eigenvalue weighted by Gasteiger charge is 2.17. The first-order valence-corrected chi connectivity index (χ1v) is 7.23. The highest BCUT2D eigenvalue weighted by atomic mass is 32.2. The van der Waals surface area contributed by atoms with Crippen LogP contribution < -0.4 is 10.6 Å². The standard InChI is InChI=1S/C9H16N2O3S2/c1-3-8-4-5-9(15-8)16(12,13)11-6-7(2)14-10/h4-5,7,11H,3,6,10H2,1-2H3. The maximum Gasteiger partial charge on any atom is 0.250 e. The van der Waals surface area contributed by atoms with Gasteiger partial charge in [-0.15, -0.1) is 11.3 Å². The Balaban J connectivity index is 2.70. The summed E-state index contributed by atoms with van der Waals surface area (Å²) in [6.07, 6.45) is 0.489. The van der Waals surface area contributed by atoms with Gasteiger partial charge in [-0.3, -0.25) is 0 Å². The van der Waals surface area contributed by atoms with Crippen LogP contribution in [0.4, 0.5) is 0 Å². The summed E-state index contributed by atoms with van der Waals surface area (Å²) >= 11 is 1.28. The third-order valence-corrected chi connectivity index (χ3v) is 5.19. The maximum absolute atomic E-state index is 11.8. The quantitative estimate of drug-likeness (QED) is 0.747. The number of aryl methyl sites for hydroxylation is 1. The van der Waals surface area contributed by atoms with E-state index in [-0.39, 0.29) is 12.6 Å². The Morgan fingerprint density at radius 1 is 1.56 bits per heavy atom. The zero-order valence-electron chi connectivity index (χ0n) is 9.26. The first kappa shape index (κ1) is 13.6. The fourth-order valence-electron chi connectivity index (χ4n) is 1.04. The van der Waals surface area contributed by atoms with Gasteiger partial charge in [-0.2, -0.15) is 0 Å². The summed E-state index contributed by atoms with van der Waals surface area (Å²) < 4.78 is 26.3. The summed E-state index contributed by atoms with van der Waals surface area (Å²) in [6.45, 7) is 3.84. The Bertz CT molecular complexity index is 428. The Hall–Kier alpha value is -0.470. The number of thiophene rings is 1. The molecule has 0 spiro atoms. The van der Waals surface area contributed by atoms with E-state index in [0.29, 0.717) is 4.21 Å². The van der Waals surface area contributed by atoms with E-state index in [9.17, 15) is 8.42 Å². The van der Waals surface area contributed by atoms with Gasteiger partial charge in [-0.05, 0) is 25.5 Å². The van der Waals surface area contributed by atoms with Gasteiger partial charge in [0.1, 0.15) is 4.21 Å². The number of sulfonamides is 1. The summed E-state index contributed by atoms with van der Waals surface area (Å²) in [4.78, 5) is 5.53. The average Bonchev–Trinajstić information content (AvgIpc) is 2.75. The summed E-state index contributed by atoms with van der Waals surface area (Å²) in [6, 6.07) is 3.43. The van der Waals surface area contributed by atoms with E-state index >= 15 is 0 Å². The van der Waals surface area contributed by atoms with Crippen molar-refractivity contribution in [3.8, 4) is 0 Å². The summed E-state index contributed by atoms with van der Waals surface area (Å²) in [5, 5.41) is 0. The topological polar surface area (TPSA) is 81.4 Å². The molecule has 7 heteroatoms. The number of rotatable bonds is 6. The molecule has 0 bridgehead atoms. The smallest absolute Gasteiger partial charge is 0.250 e. The minimum Gasteiger partial charge on any atom is -0.300 e. The van der Waals surface area contributed by atoms with Gasteiger partial charge < -0.3 is 4.84 Å². The first-order chi connectivity index (χ1) is 7.49. The van der Waals surface area contributed by atoms with Crippen molar-refractivity contribution in [1.82, 2.24) is 4.72 Å². The van der Waals surface area contributed by atoms with Crippen molar-refractivity contribution in [3.05, 3.63) is 17.0 Å². The molecule has 0 fully saturated rings. The largest absolute Gasteiger partial charge is 0.300 e. The molecule has 0 radical (unpaired) electrons. The average molecular weight is 264 g/mol. The Morgan fingerprint density at radius 3 is 2.75 bits per heavy atom. The highest BCUT2D eigenvalue weighted by Crippen LogP contribution is 2.21. The van der Waals surface area contributed by atoms with Gasteiger partial charge >= 0.3 is 0 Å². The van der Waals surface area contributed by atoms with E-state index in [1.807, 2.05) is 13.0 Å².